The number of aliphatic imine (C=N–C) groups is 1. The molecule has 0 radical (unpaired) electrons. The molecule has 16 heavy (non-hydrogen) atoms. The highest BCUT2D eigenvalue weighted by atomic mass is 35.5. The molecular weight excluding hydrogens is 226 g/mol. The van der Waals surface area contributed by atoms with Gasteiger partial charge < -0.3 is 10.2 Å². The normalized spacial score (nSPS) is 28.4. The highest BCUT2D eigenvalue weighted by Crippen LogP contribution is 2.17. The minimum Gasteiger partial charge on any atom is -0.388 e. The van der Waals surface area contributed by atoms with Crippen molar-refractivity contribution < 1.29 is 10.2 Å². The van der Waals surface area contributed by atoms with Crippen LogP contribution in [0.4, 0.5) is 0 Å². The maximum absolute atomic E-state index is 9.71. The van der Waals surface area contributed by atoms with Gasteiger partial charge in [0, 0.05) is 12.1 Å². The summed E-state index contributed by atoms with van der Waals surface area (Å²) >= 11 is 0. The smallest absolute Gasteiger partial charge is 0.120 e. The van der Waals surface area contributed by atoms with Gasteiger partial charge >= 0.3 is 0 Å². The summed E-state index contributed by atoms with van der Waals surface area (Å²) in [7, 11) is 0. The number of halogens is 1. The fourth-order valence-electron chi connectivity index (χ4n) is 1.83. The van der Waals surface area contributed by atoms with E-state index in [1.807, 2.05) is 37.3 Å². The van der Waals surface area contributed by atoms with Crippen LogP contribution < -0.4 is 0 Å². The van der Waals surface area contributed by atoms with Gasteiger partial charge in [0.05, 0.1) is 6.04 Å². The van der Waals surface area contributed by atoms with Gasteiger partial charge in [-0.05, 0) is 12.5 Å². The third-order valence-corrected chi connectivity index (χ3v) is 2.76. The zero-order valence-corrected chi connectivity index (χ0v) is 9.89. The number of nitrogens with zero attached hydrogens (tertiary/aromatic N) is 1. The summed E-state index contributed by atoms with van der Waals surface area (Å²) in [5.41, 5.74) is 1.79. The Bertz CT molecular complexity index is 367. The van der Waals surface area contributed by atoms with Gasteiger partial charge in [0.1, 0.15) is 12.2 Å². The highest BCUT2D eigenvalue weighted by Gasteiger charge is 2.33. The van der Waals surface area contributed by atoms with Gasteiger partial charge in [0.15, 0.2) is 0 Å². The molecule has 1 heterocycles. The number of rotatable bonds is 2. The summed E-state index contributed by atoms with van der Waals surface area (Å²) < 4.78 is 0. The van der Waals surface area contributed by atoms with Crippen LogP contribution in [-0.4, -0.2) is 34.2 Å². The first-order valence-corrected chi connectivity index (χ1v) is 5.15. The molecule has 2 N–H and O–H groups in total. The molecule has 0 saturated heterocycles. The van der Waals surface area contributed by atoms with Crippen LogP contribution in [0.3, 0.4) is 0 Å². The van der Waals surface area contributed by atoms with Crippen LogP contribution in [0.25, 0.3) is 0 Å². The zero-order valence-electron chi connectivity index (χ0n) is 9.08. The van der Waals surface area contributed by atoms with Crippen LogP contribution in [0.5, 0.6) is 0 Å². The summed E-state index contributed by atoms with van der Waals surface area (Å²) in [6, 6.07) is 9.65. The molecule has 1 aromatic carbocycles. The Balaban J connectivity index is 0.00000128. The molecule has 88 valence electrons. The number of aliphatic hydroxyl groups excluding tert-OH is 2. The van der Waals surface area contributed by atoms with E-state index in [1.165, 1.54) is 0 Å². The predicted molar refractivity (Wildman–Crippen MR) is 66.3 cm³/mol. The van der Waals surface area contributed by atoms with Gasteiger partial charge in [-0.1, -0.05) is 30.3 Å². The van der Waals surface area contributed by atoms with Gasteiger partial charge in [0.2, 0.25) is 0 Å². The van der Waals surface area contributed by atoms with Crippen molar-refractivity contribution in [2.45, 2.75) is 31.6 Å². The Morgan fingerprint density at radius 2 is 1.81 bits per heavy atom. The molecule has 2 rings (SSSR count). The molecular formula is C12H16ClNO2. The van der Waals surface area contributed by atoms with Crippen LogP contribution in [0.15, 0.2) is 35.3 Å². The molecule has 0 amide bonds. The molecule has 1 aliphatic heterocycles. The van der Waals surface area contributed by atoms with E-state index in [0.29, 0.717) is 12.1 Å². The maximum atomic E-state index is 9.71. The van der Waals surface area contributed by atoms with E-state index in [9.17, 15) is 10.2 Å². The second-order valence-corrected chi connectivity index (χ2v) is 3.96. The van der Waals surface area contributed by atoms with Gasteiger partial charge in [-0.2, -0.15) is 0 Å². The standard InChI is InChI=1S/C12H15NO2.ClH/c1-8-11(14)12(15)10(13-8)7-9-5-3-2-4-6-9;/h2-6,8,11-12,14-15H,7H2,1H3;1H/t8-,11+,12-;/m0./s1. The van der Waals surface area contributed by atoms with Crippen LogP contribution in [0.2, 0.25) is 0 Å². The SMILES string of the molecule is C[C@@H]1N=C(Cc2ccccc2)[C@H](O)[C@@H]1O.Cl. The molecule has 0 bridgehead atoms. The largest absolute Gasteiger partial charge is 0.388 e. The third kappa shape index (κ3) is 2.61. The van der Waals surface area contributed by atoms with Crippen molar-refractivity contribution in [3.8, 4) is 0 Å². The molecule has 1 aromatic rings. The first kappa shape index (κ1) is 13.2. The molecule has 4 heteroatoms. The summed E-state index contributed by atoms with van der Waals surface area (Å²) in [5, 5.41) is 19.3. The monoisotopic (exact) mass is 241 g/mol. The molecule has 1 aliphatic rings. The number of hydrogen-bond donors (Lipinski definition) is 2. The van der Waals surface area contributed by atoms with Gasteiger partial charge in [-0.25, -0.2) is 0 Å². The second-order valence-electron chi connectivity index (χ2n) is 3.96. The Morgan fingerprint density at radius 3 is 2.31 bits per heavy atom. The van der Waals surface area contributed by atoms with Crippen molar-refractivity contribution in [1.29, 1.82) is 0 Å². The van der Waals surface area contributed by atoms with Crippen molar-refractivity contribution in [1.82, 2.24) is 0 Å². The van der Waals surface area contributed by atoms with Crippen LogP contribution in [0, 0.1) is 0 Å². The molecule has 0 aliphatic carbocycles. The Morgan fingerprint density at radius 1 is 1.19 bits per heavy atom. The summed E-state index contributed by atoms with van der Waals surface area (Å²) in [5.74, 6) is 0. The molecule has 0 aromatic heterocycles. The number of hydrogen-bond acceptors (Lipinski definition) is 3. The van der Waals surface area contributed by atoms with Gasteiger partial charge in [-0.15, -0.1) is 12.4 Å². The molecule has 0 spiro atoms. The Kier molecular flexibility index (Phi) is 4.47. The lowest BCUT2D eigenvalue weighted by molar-refractivity contribution is 0.0585. The van der Waals surface area contributed by atoms with Crippen molar-refractivity contribution in [3.05, 3.63) is 35.9 Å². The first-order chi connectivity index (χ1) is 7.18. The maximum Gasteiger partial charge on any atom is 0.120 e. The van der Waals surface area contributed by atoms with E-state index in [4.69, 9.17) is 0 Å². The zero-order chi connectivity index (χ0) is 10.8. The van der Waals surface area contributed by atoms with E-state index in [1.54, 1.807) is 0 Å². The molecule has 0 saturated carbocycles. The van der Waals surface area contributed by atoms with E-state index in [-0.39, 0.29) is 18.4 Å². The van der Waals surface area contributed by atoms with Crippen LogP contribution >= 0.6 is 12.4 Å². The summed E-state index contributed by atoms with van der Waals surface area (Å²) in [6.07, 6.45) is -0.937. The summed E-state index contributed by atoms with van der Waals surface area (Å²) in [4.78, 5) is 4.26. The number of aliphatic hydroxyl groups is 2. The summed E-state index contributed by atoms with van der Waals surface area (Å²) in [6.45, 7) is 1.81. The first-order valence-electron chi connectivity index (χ1n) is 5.15. The predicted octanol–water partition coefficient (Wildman–Crippen LogP) is 1.22. The van der Waals surface area contributed by atoms with Crippen molar-refractivity contribution in [2.75, 3.05) is 0 Å². The average Bonchev–Trinajstić information content (AvgIpc) is 2.48. The van der Waals surface area contributed by atoms with Gasteiger partial charge in [-0.3, -0.25) is 4.99 Å². The second kappa shape index (κ2) is 5.43. The lowest BCUT2D eigenvalue weighted by Crippen LogP contribution is -2.33. The van der Waals surface area contributed by atoms with Crippen molar-refractivity contribution >= 4 is 18.1 Å². The topological polar surface area (TPSA) is 52.8 Å². The quantitative estimate of drug-likeness (QED) is 0.818. The number of benzene rings is 1. The van der Waals surface area contributed by atoms with Crippen molar-refractivity contribution in [2.24, 2.45) is 4.99 Å². The van der Waals surface area contributed by atoms with Gasteiger partial charge in [0.25, 0.3) is 0 Å². The minimum absolute atomic E-state index is 0. The van der Waals surface area contributed by atoms with E-state index < -0.39 is 12.2 Å². The van der Waals surface area contributed by atoms with E-state index in [0.717, 1.165) is 5.56 Å². The van der Waals surface area contributed by atoms with Crippen LogP contribution in [0.1, 0.15) is 12.5 Å². The molecule has 3 nitrogen and oxygen atoms in total. The molecule has 3 atom stereocenters. The Hall–Kier alpha value is -0.900. The fourth-order valence-corrected chi connectivity index (χ4v) is 1.83. The third-order valence-electron chi connectivity index (χ3n) is 2.76. The van der Waals surface area contributed by atoms with Crippen molar-refractivity contribution in [3.63, 3.8) is 0 Å². The fraction of sp³-hybridized carbons (Fsp3) is 0.417. The van der Waals surface area contributed by atoms with E-state index in [2.05, 4.69) is 4.99 Å². The highest BCUT2D eigenvalue weighted by molar-refractivity contribution is 5.92. The lowest BCUT2D eigenvalue weighted by Gasteiger charge is -2.12. The molecule has 0 unspecified atom stereocenters. The lowest BCUT2D eigenvalue weighted by atomic mass is 10.0. The minimum atomic E-state index is -0.805. The van der Waals surface area contributed by atoms with Crippen LogP contribution in [-0.2, 0) is 6.42 Å². The average molecular weight is 242 g/mol. The molecule has 0 fully saturated rings. The van der Waals surface area contributed by atoms with E-state index >= 15 is 0 Å². The Labute approximate surface area is 101 Å².